The SMILES string of the molecule is Cc1cc(NC(=O)C(C2CCC(C)CC2)n2nccc2C(N)=O)ncc1-c1ccnn1C. The molecular formula is C23H29N7O2. The van der Waals surface area contributed by atoms with Gasteiger partial charge in [-0.25, -0.2) is 9.67 Å². The number of nitrogens with zero attached hydrogens (tertiary/aromatic N) is 5. The molecule has 1 aliphatic carbocycles. The third-order valence-electron chi connectivity index (χ3n) is 6.42. The average Bonchev–Trinajstić information content (AvgIpc) is 3.39. The summed E-state index contributed by atoms with van der Waals surface area (Å²) in [7, 11) is 1.88. The van der Waals surface area contributed by atoms with E-state index in [1.807, 2.05) is 26.1 Å². The quantitative estimate of drug-likeness (QED) is 0.616. The van der Waals surface area contributed by atoms with E-state index in [1.165, 1.54) is 10.9 Å². The number of aryl methyl sites for hydroxylation is 2. The summed E-state index contributed by atoms with van der Waals surface area (Å²) in [6, 6.07) is 4.70. The van der Waals surface area contributed by atoms with Crippen LogP contribution in [0.15, 0.2) is 36.8 Å². The third-order valence-corrected chi connectivity index (χ3v) is 6.42. The maximum absolute atomic E-state index is 13.5. The van der Waals surface area contributed by atoms with Crippen molar-refractivity contribution < 1.29 is 9.59 Å². The molecule has 3 N–H and O–H groups in total. The molecule has 3 aromatic rings. The Bertz CT molecular complexity index is 1130. The number of rotatable bonds is 6. The molecule has 168 valence electrons. The zero-order valence-electron chi connectivity index (χ0n) is 18.7. The van der Waals surface area contributed by atoms with Crippen LogP contribution >= 0.6 is 0 Å². The van der Waals surface area contributed by atoms with Crippen molar-refractivity contribution in [2.75, 3.05) is 5.32 Å². The van der Waals surface area contributed by atoms with Crippen LogP contribution in [0.25, 0.3) is 11.3 Å². The van der Waals surface area contributed by atoms with Crippen LogP contribution in [0.2, 0.25) is 0 Å². The van der Waals surface area contributed by atoms with Gasteiger partial charge in [-0.15, -0.1) is 0 Å². The van der Waals surface area contributed by atoms with Crippen molar-refractivity contribution in [2.24, 2.45) is 24.6 Å². The number of aromatic nitrogens is 5. The number of carbonyl (C=O) groups excluding carboxylic acids is 2. The van der Waals surface area contributed by atoms with E-state index in [0.29, 0.717) is 11.7 Å². The van der Waals surface area contributed by atoms with Gasteiger partial charge in [-0.2, -0.15) is 10.2 Å². The first-order valence-corrected chi connectivity index (χ1v) is 10.9. The fourth-order valence-corrected chi connectivity index (χ4v) is 4.59. The zero-order chi connectivity index (χ0) is 22.8. The summed E-state index contributed by atoms with van der Waals surface area (Å²) in [5.74, 6) is 0.321. The van der Waals surface area contributed by atoms with E-state index < -0.39 is 11.9 Å². The van der Waals surface area contributed by atoms with Crippen molar-refractivity contribution in [1.29, 1.82) is 0 Å². The molecule has 0 aromatic carbocycles. The standard InChI is InChI=1S/C23H29N7O2/c1-14-4-6-16(7-5-14)21(30-19(22(24)31)9-11-27-30)23(32)28-20-12-15(2)17(13-25-20)18-8-10-26-29(18)3/h8-14,16,21H,4-7H2,1-3H3,(H2,24,31)(H,25,28,32). The average molecular weight is 436 g/mol. The summed E-state index contributed by atoms with van der Waals surface area (Å²) < 4.78 is 3.26. The highest BCUT2D eigenvalue weighted by Gasteiger charge is 2.35. The number of anilines is 1. The Labute approximate surface area is 187 Å². The van der Waals surface area contributed by atoms with Crippen molar-refractivity contribution >= 4 is 17.6 Å². The maximum Gasteiger partial charge on any atom is 0.267 e. The largest absolute Gasteiger partial charge is 0.364 e. The molecule has 32 heavy (non-hydrogen) atoms. The number of hydrogen-bond acceptors (Lipinski definition) is 5. The van der Waals surface area contributed by atoms with E-state index in [0.717, 1.165) is 42.5 Å². The number of amides is 2. The van der Waals surface area contributed by atoms with Crippen molar-refractivity contribution in [1.82, 2.24) is 24.5 Å². The zero-order valence-corrected chi connectivity index (χ0v) is 18.7. The summed E-state index contributed by atoms with van der Waals surface area (Å²) in [6.07, 6.45) is 8.85. The third kappa shape index (κ3) is 4.28. The van der Waals surface area contributed by atoms with Crippen LogP contribution in [-0.2, 0) is 11.8 Å². The molecule has 1 atom stereocenters. The predicted molar refractivity (Wildman–Crippen MR) is 121 cm³/mol. The minimum Gasteiger partial charge on any atom is -0.364 e. The first-order valence-electron chi connectivity index (χ1n) is 10.9. The van der Waals surface area contributed by atoms with Gasteiger partial charge >= 0.3 is 0 Å². The Morgan fingerprint density at radius 2 is 1.88 bits per heavy atom. The number of primary amides is 1. The van der Waals surface area contributed by atoms with Crippen LogP contribution in [0.1, 0.15) is 54.7 Å². The first-order chi connectivity index (χ1) is 15.3. The van der Waals surface area contributed by atoms with E-state index in [4.69, 9.17) is 5.73 Å². The van der Waals surface area contributed by atoms with E-state index in [1.54, 1.807) is 23.1 Å². The van der Waals surface area contributed by atoms with Gasteiger partial charge < -0.3 is 11.1 Å². The lowest BCUT2D eigenvalue weighted by atomic mass is 9.79. The molecule has 0 saturated heterocycles. The number of hydrogen-bond donors (Lipinski definition) is 2. The molecule has 4 rings (SSSR count). The summed E-state index contributed by atoms with van der Waals surface area (Å²) in [4.78, 5) is 29.9. The van der Waals surface area contributed by atoms with E-state index >= 15 is 0 Å². The van der Waals surface area contributed by atoms with Crippen molar-refractivity contribution in [3.63, 3.8) is 0 Å². The molecule has 0 spiro atoms. The smallest absolute Gasteiger partial charge is 0.267 e. The summed E-state index contributed by atoms with van der Waals surface area (Å²) >= 11 is 0. The van der Waals surface area contributed by atoms with E-state index in [-0.39, 0.29) is 17.5 Å². The Hall–Kier alpha value is -3.49. The Kier molecular flexibility index (Phi) is 6.07. The molecule has 9 nitrogen and oxygen atoms in total. The Balaban J connectivity index is 1.61. The first kappa shape index (κ1) is 21.7. The van der Waals surface area contributed by atoms with Crippen LogP contribution in [0, 0.1) is 18.8 Å². The monoisotopic (exact) mass is 435 g/mol. The number of nitrogens with one attached hydrogen (secondary N) is 1. The molecular weight excluding hydrogens is 406 g/mol. The molecule has 1 fully saturated rings. The molecule has 1 unspecified atom stereocenters. The lowest BCUT2D eigenvalue weighted by molar-refractivity contribution is -0.121. The molecule has 3 heterocycles. The van der Waals surface area contributed by atoms with Crippen LogP contribution in [-0.4, -0.2) is 36.4 Å². The van der Waals surface area contributed by atoms with E-state index in [9.17, 15) is 9.59 Å². The number of pyridine rings is 1. The maximum atomic E-state index is 13.5. The summed E-state index contributed by atoms with van der Waals surface area (Å²) in [6.45, 7) is 4.20. The van der Waals surface area contributed by atoms with Gasteiger partial charge in [0.25, 0.3) is 11.8 Å². The number of nitrogens with two attached hydrogens (primary N) is 1. The minimum absolute atomic E-state index is 0.0685. The van der Waals surface area contributed by atoms with Gasteiger partial charge in [0.15, 0.2) is 0 Å². The van der Waals surface area contributed by atoms with Gasteiger partial charge in [-0.1, -0.05) is 19.8 Å². The van der Waals surface area contributed by atoms with Crippen molar-refractivity contribution in [3.8, 4) is 11.3 Å². The number of carbonyl (C=O) groups is 2. The molecule has 2 amide bonds. The highest BCUT2D eigenvalue weighted by atomic mass is 16.2. The molecule has 9 heteroatoms. The van der Waals surface area contributed by atoms with E-state index in [2.05, 4.69) is 27.4 Å². The van der Waals surface area contributed by atoms with Gasteiger partial charge in [0, 0.05) is 31.2 Å². The molecule has 0 aliphatic heterocycles. The predicted octanol–water partition coefficient (Wildman–Crippen LogP) is 3.09. The topological polar surface area (TPSA) is 121 Å². The fraction of sp³-hybridized carbons (Fsp3) is 0.435. The van der Waals surface area contributed by atoms with Gasteiger partial charge in [-0.3, -0.25) is 14.3 Å². The van der Waals surface area contributed by atoms with Crippen LogP contribution in [0.3, 0.4) is 0 Å². The fourth-order valence-electron chi connectivity index (χ4n) is 4.59. The summed E-state index contributed by atoms with van der Waals surface area (Å²) in [5.41, 5.74) is 8.65. The second-order valence-corrected chi connectivity index (χ2v) is 8.70. The molecule has 1 saturated carbocycles. The molecule has 0 radical (unpaired) electrons. The van der Waals surface area contributed by atoms with Crippen LogP contribution in [0.4, 0.5) is 5.82 Å². The van der Waals surface area contributed by atoms with Gasteiger partial charge in [0.05, 0.1) is 5.69 Å². The van der Waals surface area contributed by atoms with Gasteiger partial charge in [-0.05, 0) is 55.4 Å². The second-order valence-electron chi connectivity index (χ2n) is 8.70. The van der Waals surface area contributed by atoms with Crippen LogP contribution in [0.5, 0.6) is 0 Å². The second kappa shape index (κ2) is 8.94. The molecule has 0 bridgehead atoms. The molecule has 1 aliphatic rings. The highest BCUT2D eigenvalue weighted by molar-refractivity contribution is 5.95. The van der Waals surface area contributed by atoms with Crippen LogP contribution < -0.4 is 11.1 Å². The highest BCUT2D eigenvalue weighted by Crippen LogP contribution is 2.36. The normalized spacial score (nSPS) is 19.5. The van der Waals surface area contributed by atoms with Gasteiger partial charge in [0.2, 0.25) is 0 Å². The van der Waals surface area contributed by atoms with Crippen molar-refractivity contribution in [3.05, 3.63) is 48.0 Å². The van der Waals surface area contributed by atoms with Crippen molar-refractivity contribution in [2.45, 2.75) is 45.6 Å². The lowest BCUT2D eigenvalue weighted by Crippen LogP contribution is -2.37. The Morgan fingerprint density at radius 1 is 1.16 bits per heavy atom. The summed E-state index contributed by atoms with van der Waals surface area (Å²) in [5, 5.41) is 11.4. The lowest BCUT2D eigenvalue weighted by Gasteiger charge is -2.32. The minimum atomic E-state index is -0.626. The van der Waals surface area contributed by atoms with Gasteiger partial charge in [0.1, 0.15) is 17.6 Å². The molecule has 3 aromatic heterocycles. The Morgan fingerprint density at radius 3 is 2.50 bits per heavy atom.